The van der Waals surface area contributed by atoms with Gasteiger partial charge in [-0.1, -0.05) is 109 Å². The van der Waals surface area contributed by atoms with Crippen LogP contribution in [0.4, 0.5) is 0 Å². The van der Waals surface area contributed by atoms with E-state index < -0.39 is 35.0 Å². The summed E-state index contributed by atoms with van der Waals surface area (Å²) in [5, 5.41) is 7.41. The molecule has 9 nitrogen and oxygen atoms in total. The number of hydrogen-bond donors (Lipinski definition) is 0. The van der Waals surface area contributed by atoms with Crippen LogP contribution in [0, 0.1) is 20.5 Å². The highest BCUT2D eigenvalue weighted by Crippen LogP contribution is 2.59. The van der Waals surface area contributed by atoms with Crippen LogP contribution in [0.5, 0.6) is 0 Å². The molecule has 0 aliphatic heterocycles. The standard InChI is InChI=1S/C39H34OP2.2ClHO4/c40-33(31-41(34-19-7-1-8-20-34,35-21-9-2-10-22-35)36-23-11-3-12-24-36)32-42(37-25-13-4-14-26-37,38-27-15-5-16-28-38)39-29-17-6-18-30-39;2*2-1(3,4)5/h1-30H,31-32H2;2*(H,2,3,4,5)/q+2;;/p-2. The maximum absolute atomic E-state index is 15.0. The van der Waals surface area contributed by atoms with Gasteiger partial charge in [0.15, 0.2) is 0 Å². The van der Waals surface area contributed by atoms with E-state index in [0.717, 1.165) is 0 Å². The number of carbonyl (C=O) groups is 1. The van der Waals surface area contributed by atoms with Gasteiger partial charge in [-0.3, -0.25) is 4.79 Å². The van der Waals surface area contributed by atoms with Crippen molar-refractivity contribution in [1.29, 1.82) is 0 Å². The van der Waals surface area contributed by atoms with Crippen molar-refractivity contribution in [3.63, 3.8) is 0 Å². The minimum atomic E-state index is -4.94. The number of halogens is 2. The number of carbonyl (C=O) groups excluding carboxylic acids is 1. The number of Topliss-reactive ketones (excluding diaryl/α,β-unsaturated/α-hetero) is 1. The van der Waals surface area contributed by atoms with Gasteiger partial charge in [-0.15, -0.1) is 20.5 Å². The van der Waals surface area contributed by atoms with Crippen LogP contribution in [-0.4, -0.2) is 18.1 Å². The van der Waals surface area contributed by atoms with Crippen molar-refractivity contribution in [3.05, 3.63) is 182 Å². The van der Waals surface area contributed by atoms with Crippen LogP contribution in [-0.2, 0) is 4.79 Å². The minimum absolute atomic E-state index is 0.296. The van der Waals surface area contributed by atoms with Crippen LogP contribution in [0.15, 0.2) is 182 Å². The van der Waals surface area contributed by atoms with Crippen molar-refractivity contribution in [2.45, 2.75) is 0 Å². The molecule has 0 saturated carbocycles. The lowest BCUT2D eigenvalue weighted by atomic mass is 10.3. The molecule has 0 unspecified atom stereocenters. The summed E-state index contributed by atoms with van der Waals surface area (Å²) in [6.45, 7) is 0. The summed E-state index contributed by atoms with van der Waals surface area (Å²) in [6.07, 6.45) is 0.943. The summed E-state index contributed by atoms with van der Waals surface area (Å²) in [4.78, 5) is 15.0. The molecule has 0 fully saturated rings. The third-order valence-electron chi connectivity index (χ3n) is 8.01. The molecule has 0 aliphatic carbocycles. The molecule has 52 heavy (non-hydrogen) atoms. The summed E-state index contributed by atoms with van der Waals surface area (Å²) in [6, 6.07) is 64.3. The van der Waals surface area contributed by atoms with Crippen LogP contribution < -0.4 is 69.1 Å². The predicted molar refractivity (Wildman–Crippen MR) is 185 cm³/mol. The van der Waals surface area contributed by atoms with Crippen LogP contribution in [0.3, 0.4) is 0 Å². The van der Waals surface area contributed by atoms with E-state index in [9.17, 15) is 4.79 Å². The van der Waals surface area contributed by atoms with E-state index in [0.29, 0.717) is 18.1 Å². The molecule has 0 aromatic heterocycles. The van der Waals surface area contributed by atoms with Gasteiger partial charge in [-0.25, -0.2) is 37.3 Å². The maximum atomic E-state index is 15.0. The quantitative estimate of drug-likeness (QED) is 0.130. The van der Waals surface area contributed by atoms with E-state index in [1.165, 1.54) is 31.8 Å². The van der Waals surface area contributed by atoms with Gasteiger partial charge in [0.1, 0.15) is 58.7 Å². The Morgan fingerprint density at radius 1 is 0.327 bits per heavy atom. The molecule has 0 aliphatic rings. The van der Waals surface area contributed by atoms with E-state index in [1.807, 2.05) is 0 Å². The van der Waals surface area contributed by atoms with Gasteiger partial charge < -0.3 is 0 Å². The van der Waals surface area contributed by atoms with Crippen LogP contribution >= 0.6 is 14.5 Å². The second-order valence-corrected chi connectivity index (χ2v) is 19.7. The average Bonchev–Trinajstić information content (AvgIpc) is 3.14. The molecular formula is C39H34Cl2O9P2. The van der Waals surface area contributed by atoms with Gasteiger partial charge in [0.25, 0.3) is 0 Å². The van der Waals surface area contributed by atoms with Gasteiger partial charge in [0, 0.05) is 0 Å². The normalized spacial score (nSPS) is 11.7. The second-order valence-electron chi connectivity index (χ2n) is 11.2. The number of hydrogen-bond acceptors (Lipinski definition) is 9. The first kappa shape index (κ1) is 40.9. The topological polar surface area (TPSA) is 202 Å². The Morgan fingerprint density at radius 2 is 0.462 bits per heavy atom. The molecule has 0 spiro atoms. The Morgan fingerprint density at radius 3 is 0.596 bits per heavy atom. The summed E-state index contributed by atoms with van der Waals surface area (Å²) < 4.78 is 67.9. The molecule has 0 N–H and O–H groups in total. The monoisotopic (exact) mass is 778 g/mol. The first-order valence-corrected chi connectivity index (χ1v) is 22.0. The zero-order valence-electron chi connectivity index (χ0n) is 27.6. The lowest BCUT2D eigenvalue weighted by Gasteiger charge is -2.30. The zero-order chi connectivity index (χ0) is 37.7. The largest absolute Gasteiger partial charge is 0.291 e. The summed E-state index contributed by atoms with van der Waals surface area (Å²) in [5.74, 6) is 0.296. The van der Waals surface area contributed by atoms with E-state index in [1.54, 1.807) is 0 Å². The first-order chi connectivity index (χ1) is 24.7. The van der Waals surface area contributed by atoms with Crippen LogP contribution in [0.2, 0.25) is 0 Å². The molecule has 13 heteroatoms. The van der Waals surface area contributed by atoms with Crippen molar-refractivity contribution in [1.82, 2.24) is 0 Å². The number of ketones is 1. The smallest absolute Gasteiger partial charge is 0.209 e. The molecule has 0 atom stereocenters. The fourth-order valence-electron chi connectivity index (χ4n) is 6.12. The van der Waals surface area contributed by atoms with E-state index >= 15 is 0 Å². The second kappa shape index (κ2) is 18.7. The summed E-state index contributed by atoms with van der Waals surface area (Å²) >= 11 is 0. The van der Waals surface area contributed by atoms with Gasteiger partial charge >= 0.3 is 0 Å². The van der Waals surface area contributed by atoms with Crippen molar-refractivity contribution >= 4 is 52.1 Å². The zero-order valence-corrected chi connectivity index (χ0v) is 30.9. The molecular weight excluding hydrogens is 745 g/mol. The molecule has 0 bridgehead atoms. The van der Waals surface area contributed by atoms with Gasteiger partial charge in [-0.2, -0.15) is 0 Å². The van der Waals surface area contributed by atoms with Crippen molar-refractivity contribution < 1.29 is 62.6 Å². The van der Waals surface area contributed by atoms with Gasteiger partial charge in [0.05, 0.1) is 0 Å². The minimum Gasteiger partial charge on any atom is -0.291 e. The summed E-state index contributed by atoms with van der Waals surface area (Å²) in [5.41, 5.74) is 0. The van der Waals surface area contributed by atoms with Crippen LogP contribution in [0.25, 0.3) is 0 Å². The van der Waals surface area contributed by atoms with E-state index in [4.69, 9.17) is 37.3 Å². The number of rotatable bonds is 10. The fourth-order valence-corrected chi connectivity index (χ4v) is 14.5. The Labute approximate surface area is 307 Å². The predicted octanol–water partition coefficient (Wildman–Crippen LogP) is -2.97. The SMILES string of the molecule is O=C(C[P+](c1ccccc1)(c1ccccc1)c1ccccc1)C[P+](c1ccccc1)(c1ccccc1)c1ccccc1.[O-][Cl+3]([O-])([O-])[O-].[O-][Cl+3]([O-])([O-])[O-]. The molecule has 6 aromatic carbocycles. The highest BCUT2D eigenvalue weighted by molar-refractivity contribution is 7.97. The lowest BCUT2D eigenvalue weighted by Crippen LogP contribution is -2.68. The van der Waals surface area contributed by atoms with Gasteiger partial charge in [0.2, 0.25) is 5.78 Å². The van der Waals surface area contributed by atoms with E-state index in [-0.39, 0.29) is 0 Å². The number of benzene rings is 6. The molecule has 0 radical (unpaired) electrons. The third-order valence-corrected chi connectivity index (χ3v) is 16.7. The van der Waals surface area contributed by atoms with Crippen molar-refractivity contribution in [2.24, 2.45) is 0 Å². The molecule has 0 heterocycles. The highest BCUT2D eigenvalue weighted by atomic mass is 35.7. The molecule has 6 aromatic rings. The lowest BCUT2D eigenvalue weighted by molar-refractivity contribution is -2.00. The maximum Gasteiger partial charge on any atom is 0.209 e. The summed E-state index contributed by atoms with van der Waals surface area (Å²) in [7, 11) is -14.5. The Bertz CT molecular complexity index is 1580. The molecule has 268 valence electrons. The Kier molecular flexibility index (Phi) is 14.7. The van der Waals surface area contributed by atoms with Gasteiger partial charge in [-0.05, 0) is 72.8 Å². The van der Waals surface area contributed by atoms with Crippen molar-refractivity contribution in [3.8, 4) is 0 Å². The Hall–Kier alpha value is -3.89. The van der Waals surface area contributed by atoms with E-state index in [2.05, 4.69) is 182 Å². The highest BCUT2D eigenvalue weighted by Gasteiger charge is 2.52. The van der Waals surface area contributed by atoms with Crippen LogP contribution in [0.1, 0.15) is 0 Å². The average molecular weight is 780 g/mol. The third kappa shape index (κ3) is 11.6. The molecule has 0 amide bonds. The molecule has 0 saturated heterocycles. The first-order valence-electron chi connectivity index (χ1n) is 15.6. The fraction of sp³-hybridized carbons (Fsp3) is 0.0513. The molecule has 6 rings (SSSR count). The Balaban J connectivity index is 0.000000536. The van der Waals surface area contributed by atoms with Crippen molar-refractivity contribution in [2.75, 3.05) is 12.3 Å².